The largest absolute Gasteiger partial charge is 0.481 e. The Morgan fingerprint density at radius 1 is 1.32 bits per heavy atom. The molecule has 1 aliphatic heterocycles. The summed E-state index contributed by atoms with van der Waals surface area (Å²) in [6, 6.07) is -0.910. The summed E-state index contributed by atoms with van der Waals surface area (Å²) in [7, 11) is 0. The molecule has 1 saturated heterocycles. The van der Waals surface area contributed by atoms with Gasteiger partial charge in [-0.25, -0.2) is 0 Å². The minimum Gasteiger partial charge on any atom is -0.481 e. The van der Waals surface area contributed by atoms with Crippen molar-refractivity contribution in [3.63, 3.8) is 0 Å². The Morgan fingerprint density at radius 3 is 2.45 bits per heavy atom. The van der Waals surface area contributed by atoms with Crippen LogP contribution in [0.3, 0.4) is 0 Å². The number of carboxylic acids is 3. The van der Waals surface area contributed by atoms with Crippen LogP contribution >= 0.6 is 0 Å². The molecule has 1 aliphatic rings. The Bertz CT molecular complexity index is 522. The van der Waals surface area contributed by atoms with Crippen LogP contribution in [0.2, 0.25) is 0 Å². The Morgan fingerprint density at radius 2 is 1.95 bits per heavy atom. The Kier molecular flexibility index (Phi) is 6.30. The summed E-state index contributed by atoms with van der Waals surface area (Å²) in [6.07, 6.45) is 3.55. The van der Waals surface area contributed by atoms with Crippen molar-refractivity contribution in [2.45, 2.75) is 32.7 Å². The van der Waals surface area contributed by atoms with Crippen LogP contribution in [-0.4, -0.2) is 45.8 Å². The van der Waals surface area contributed by atoms with Crippen molar-refractivity contribution in [2.24, 2.45) is 11.8 Å². The summed E-state index contributed by atoms with van der Waals surface area (Å²) < 4.78 is 0. The molecule has 7 heteroatoms. The summed E-state index contributed by atoms with van der Waals surface area (Å²) in [5, 5.41) is 29.7. The van der Waals surface area contributed by atoms with E-state index in [2.05, 4.69) is 5.32 Å². The molecule has 0 aromatic carbocycles. The maximum absolute atomic E-state index is 11.2. The molecule has 0 amide bonds. The quantitative estimate of drug-likeness (QED) is 0.555. The van der Waals surface area contributed by atoms with Crippen LogP contribution in [0.1, 0.15) is 26.7 Å². The van der Waals surface area contributed by atoms with Crippen molar-refractivity contribution >= 4 is 17.9 Å². The molecule has 7 nitrogen and oxygen atoms in total. The first kappa shape index (κ1) is 17.9. The van der Waals surface area contributed by atoms with Crippen molar-refractivity contribution in [1.29, 1.82) is 0 Å². The van der Waals surface area contributed by atoms with E-state index in [-0.39, 0.29) is 6.42 Å². The Labute approximate surface area is 128 Å². The monoisotopic (exact) mass is 311 g/mol. The smallest absolute Gasteiger partial charge is 0.321 e. The van der Waals surface area contributed by atoms with Crippen LogP contribution in [0.25, 0.3) is 0 Å². The molecule has 122 valence electrons. The molecular formula is C15H21NO6. The second-order valence-corrected chi connectivity index (χ2v) is 5.49. The second kappa shape index (κ2) is 7.74. The van der Waals surface area contributed by atoms with E-state index in [0.29, 0.717) is 13.0 Å². The highest BCUT2D eigenvalue weighted by atomic mass is 16.4. The highest BCUT2D eigenvalue weighted by Gasteiger charge is 2.38. The fourth-order valence-corrected chi connectivity index (χ4v) is 2.47. The van der Waals surface area contributed by atoms with Crippen LogP contribution < -0.4 is 5.32 Å². The van der Waals surface area contributed by atoms with Crippen LogP contribution in [-0.2, 0) is 14.4 Å². The summed E-state index contributed by atoms with van der Waals surface area (Å²) in [6.45, 7) is 3.69. The SMILES string of the molecule is CC(/C=C/CC(C)C(=O)O)=C1/CNC(C(=O)O)C1CC(=O)O. The molecule has 0 aliphatic carbocycles. The summed E-state index contributed by atoms with van der Waals surface area (Å²) in [4.78, 5) is 32.9. The van der Waals surface area contributed by atoms with E-state index in [1.54, 1.807) is 26.0 Å². The minimum atomic E-state index is -1.07. The van der Waals surface area contributed by atoms with Gasteiger partial charge in [-0.05, 0) is 18.9 Å². The lowest BCUT2D eigenvalue weighted by Gasteiger charge is -2.15. The first-order valence-corrected chi connectivity index (χ1v) is 7.01. The third kappa shape index (κ3) is 4.70. The third-order valence-corrected chi connectivity index (χ3v) is 3.81. The number of carbonyl (C=O) groups is 3. The molecule has 4 N–H and O–H groups in total. The molecule has 0 spiro atoms. The van der Waals surface area contributed by atoms with Crippen LogP contribution in [0.5, 0.6) is 0 Å². The van der Waals surface area contributed by atoms with E-state index >= 15 is 0 Å². The topological polar surface area (TPSA) is 124 Å². The summed E-state index contributed by atoms with van der Waals surface area (Å²) in [5.74, 6) is -4.10. The maximum Gasteiger partial charge on any atom is 0.321 e. The van der Waals surface area contributed by atoms with Crippen molar-refractivity contribution in [3.05, 3.63) is 23.3 Å². The van der Waals surface area contributed by atoms with Gasteiger partial charge in [-0.2, -0.15) is 0 Å². The van der Waals surface area contributed by atoms with Crippen molar-refractivity contribution in [3.8, 4) is 0 Å². The number of carboxylic acid groups (broad SMARTS) is 3. The Hall–Kier alpha value is -2.15. The standard InChI is InChI=1S/C15H21NO6/c1-8(4-3-5-9(2)14(19)20)11-7-16-13(15(21)22)10(11)6-12(17)18/h3-4,9-10,13,16H,5-7H2,1-2H3,(H,17,18)(H,19,20)(H,21,22)/b4-3+,11-8+. The molecular weight excluding hydrogens is 290 g/mol. The van der Waals surface area contributed by atoms with Gasteiger partial charge in [0.15, 0.2) is 0 Å². The van der Waals surface area contributed by atoms with E-state index in [0.717, 1.165) is 11.1 Å². The van der Waals surface area contributed by atoms with Crippen molar-refractivity contribution in [1.82, 2.24) is 5.32 Å². The van der Waals surface area contributed by atoms with Gasteiger partial charge in [0.05, 0.1) is 12.3 Å². The van der Waals surface area contributed by atoms with Gasteiger partial charge in [0.1, 0.15) is 6.04 Å². The summed E-state index contributed by atoms with van der Waals surface area (Å²) >= 11 is 0. The zero-order valence-corrected chi connectivity index (χ0v) is 12.6. The van der Waals surface area contributed by atoms with E-state index in [9.17, 15) is 14.4 Å². The fraction of sp³-hybridized carbons (Fsp3) is 0.533. The molecule has 0 bridgehead atoms. The zero-order chi connectivity index (χ0) is 16.9. The van der Waals surface area contributed by atoms with Crippen molar-refractivity contribution in [2.75, 3.05) is 6.54 Å². The van der Waals surface area contributed by atoms with Crippen LogP contribution in [0, 0.1) is 11.8 Å². The predicted molar refractivity (Wildman–Crippen MR) is 78.4 cm³/mol. The fourth-order valence-electron chi connectivity index (χ4n) is 2.47. The first-order valence-electron chi connectivity index (χ1n) is 7.01. The van der Waals surface area contributed by atoms with Gasteiger partial charge in [-0.1, -0.05) is 24.6 Å². The van der Waals surface area contributed by atoms with E-state index in [1.807, 2.05) is 0 Å². The highest BCUT2D eigenvalue weighted by Crippen LogP contribution is 2.28. The third-order valence-electron chi connectivity index (χ3n) is 3.81. The highest BCUT2D eigenvalue weighted by molar-refractivity contribution is 5.78. The van der Waals surface area contributed by atoms with E-state index in [4.69, 9.17) is 15.3 Å². The number of hydrogen-bond donors (Lipinski definition) is 4. The van der Waals surface area contributed by atoms with E-state index < -0.39 is 35.8 Å². The number of allylic oxidation sites excluding steroid dienone is 3. The average Bonchev–Trinajstić information content (AvgIpc) is 2.81. The van der Waals surface area contributed by atoms with Gasteiger partial charge >= 0.3 is 17.9 Å². The number of nitrogens with one attached hydrogen (secondary N) is 1. The number of aliphatic carboxylic acids is 3. The molecule has 3 atom stereocenters. The molecule has 3 unspecified atom stereocenters. The first-order chi connectivity index (χ1) is 10.2. The molecule has 0 aromatic rings. The molecule has 0 aromatic heterocycles. The van der Waals surface area contributed by atoms with Gasteiger partial charge in [-0.15, -0.1) is 0 Å². The van der Waals surface area contributed by atoms with Crippen LogP contribution in [0.15, 0.2) is 23.3 Å². The average molecular weight is 311 g/mol. The minimum absolute atomic E-state index is 0.254. The number of rotatable bonds is 7. The lowest BCUT2D eigenvalue weighted by Crippen LogP contribution is -2.36. The van der Waals surface area contributed by atoms with Gasteiger partial charge in [0.25, 0.3) is 0 Å². The molecule has 22 heavy (non-hydrogen) atoms. The normalized spacial score (nSPS) is 25.2. The molecule has 1 fully saturated rings. The van der Waals surface area contributed by atoms with Crippen LogP contribution in [0.4, 0.5) is 0 Å². The zero-order valence-electron chi connectivity index (χ0n) is 12.6. The van der Waals surface area contributed by atoms with Gasteiger partial charge < -0.3 is 20.6 Å². The maximum atomic E-state index is 11.2. The lowest BCUT2D eigenvalue weighted by atomic mass is 9.89. The Balaban J connectivity index is 2.89. The van der Waals surface area contributed by atoms with Crippen molar-refractivity contribution < 1.29 is 29.7 Å². The molecule has 0 saturated carbocycles. The lowest BCUT2D eigenvalue weighted by molar-refractivity contribution is -0.142. The number of hydrogen-bond acceptors (Lipinski definition) is 4. The summed E-state index contributed by atoms with van der Waals surface area (Å²) in [5.41, 5.74) is 1.52. The molecule has 1 heterocycles. The molecule has 0 radical (unpaired) electrons. The van der Waals surface area contributed by atoms with Gasteiger partial charge in [0.2, 0.25) is 0 Å². The van der Waals surface area contributed by atoms with E-state index in [1.165, 1.54) is 0 Å². The molecule has 1 rings (SSSR count). The predicted octanol–water partition coefficient (Wildman–Crippen LogP) is 1.12. The van der Waals surface area contributed by atoms with Gasteiger partial charge in [0, 0.05) is 12.5 Å². The second-order valence-electron chi connectivity index (χ2n) is 5.49. The van der Waals surface area contributed by atoms with Gasteiger partial charge in [-0.3, -0.25) is 14.4 Å².